The predicted octanol–water partition coefficient (Wildman–Crippen LogP) is 4.79. The highest BCUT2D eigenvalue weighted by molar-refractivity contribution is 7.99. The highest BCUT2D eigenvalue weighted by atomic mass is 32.2. The lowest BCUT2D eigenvalue weighted by molar-refractivity contribution is -0.113. The van der Waals surface area contributed by atoms with Crippen molar-refractivity contribution in [3.05, 3.63) is 59.4 Å². The summed E-state index contributed by atoms with van der Waals surface area (Å²) < 4.78 is 13.4. The first-order chi connectivity index (χ1) is 14.9. The van der Waals surface area contributed by atoms with Crippen molar-refractivity contribution in [2.45, 2.75) is 45.5 Å². The second-order valence-corrected chi connectivity index (χ2v) is 8.02. The summed E-state index contributed by atoms with van der Waals surface area (Å²) in [6, 6.07) is 13.4. The van der Waals surface area contributed by atoms with Gasteiger partial charge in [0.05, 0.1) is 12.9 Å². The number of anilines is 1. The third kappa shape index (κ3) is 5.38. The molecule has 164 valence electrons. The molecular formula is C23H28N4O3S. The minimum atomic E-state index is -0.332. The summed E-state index contributed by atoms with van der Waals surface area (Å²) in [5.74, 6) is 2.17. The third-order valence-electron chi connectivity index (χ3n) is 5.01. The zero-order valence-electron chi connectivity index (χ0n) is 18.5. The molecule has 31 heavy (non-hydrogen) atoms. The fourth-order valence-corrected chi connectivity index (χ4v) is 3.98. The van der Waals surface area contributed by atoms with Gasteiger partial charge in [-0.2, -0.15) is 0 Å². The molecule has 1 aromatic heterocycles. The van der Waals surface area contributed by atoms with Crippen molar-refractivity contribution >= 4 is 23.4 Å². The summed E-state index contributed by atoms with van der Waals surface area (Å²) in [4.78, 5) is 12.5. The van der Waals surface area contributed by atoms with Gasteiger partial charge < -0.3 is 19.4 Å². The van der Waals surface area contributed by atoms with Gasteiger partial charge in [0, 0.05) is 12.2 Å². The molecule has 8 heteroatoms. The maximum absolute atomic E-state index is 12.5. The fraction of sp³-hybridized carbons (Fsp3) is 0.348. The van der Waals surface area contributed by atoms with E-state index in [1.807, 2.05) is 74.7 Å². The van der Waals surface area contributed by atoms with Gasteiger partial charge in [0.2, 0.25) is 5.91 Å². The Kier molecular flexibility index (Phi) is 7.57. The molecule has 1 heterocycles. The number of aromatic nitrogens is 3. The van der Waals surface area contributed by atoms with Gasteiger partial charge in [-0.05, 0) is 57.0 Å². The van der Waals surface area contributed by atoms with E-state index in [4.69, 9.17) is 9.47 Å². The van der Waals surface area contributed by atoms with E-state index in [1.54, 1.807) is 7.11 Å². The summed E-state index contributed by atoms with van der Waals surface area (Å²) >= 11 is 1.36. The predicted molar refractivity (Wildman–Crippen MR) is 123 cm³/mol. The molecule has 1 atom stereocenters. The lowest BCUT2D eigenvalue weighted by Gasteiger charge is -2.17. The van der Waals surface area contributed by atoms with Crippen molar-refractivity contribution in [3.63, 3.8) is 0 Å². The lowest BCUT2D eigenvalue weighted by atomic mass is 10.1. The van der Waals surface area contributed by atoms with Crippen LogP contribution in [0, 0.1) is 13.8 Å². The zero-order valence-corrected chi connectivity index (χ0v) is 19.3. The van der Waals surface area contributed by atoms with Crippen LogP contribution in [0.1, 0.15) is 36.9 Å². The second-order valence-electron chi connectivity index (χ2n) is 7.08. The number of carbonyl (C=O) groups excluding carboxylic acids is 1. The Morgan fingerprint density at radius 2 is 1.87 bits per heavy atom. The van der Waals surface area contributed by atoms with Crippen LogP contribution in [0.2, 0.25) is 0 Å². The van der Waals surface area contributed by atoms with Gasteiger partial charge in [-0.15, -0.1) is 10.2 Å². The number of carbonyl (C=O) groups is 1. The first-order valence-corrected chi connectivity index (χ1v) is 11.1. The minimum absolute atomic E-state index is 0.0794. The Hall–Kier alpha value is -3.00. The van der Waals surface area contributed by atoms with Crippen molar-refractivity contribution in [3.8, 4) is 11.5 Å². The van der Waals surface area contributed by atoms with E-state index in [9.17, 15) is 4.79 Å². The normalized spacial score (nSPS) is 11.8. The molecule has 0 aliphatic carbocycles. The van der Waals surface area contributed by atoms with Crippen molar-refractivity contribution in [2.24, 2.45) is 0 Å². The molecule has 0 saturated heterocycles. The van der Waals surface area contributed by atoms with Gasteiger partial charge in [0.25, 0.3) is 0 Å². The number of ether oxygens (including phenoxy) is 2. The van der Waals surface area contributed by atoms with Gasteiger partial charge in [0.15, 0.2) is 28.6 Å². The number of hydrogen-bond donors (Lipinski definition) is 1. The topological polar surface area (TPSA) is 78.3 Å². The summed E-state index contributed by atoms with van der Waals surface area (Å²) in [6.07, 6.45) is -0.332. The number of hydrogen-bond acceptors (Lipinski definition) is 6. The maximum atomic E-state index is 12.5. The van der Waals surface area contributed by atoms with Crippen LogP contribution in [0.3, 0.4) is 0 Å². The Labute approximate surface area is 187 Å². The Bertz CT molecular complexity index is 1050. The van der Waals surface area contributed by atoms with E-state index < -0.39 is 0 Å². The van der Waals surface area contributed by atoms with E-state index in [2.05, 4.69) is 15.5 Å². The first-order valence-electron chi connectivity index (χ1n) is 10.2. The van der Waals surface area contributed by atoms with Gasteiger partial charge >= 0.3 is 0 Å². The zero-order chi connectivity index (χ0) is 22.4. The van der Waals surface area contributed by atoms with Gasteiger partial charge in [-0.1, -0.05) is 36.0 Å². The monoisotopic (exact) mass is 440 g/mol. The van der Waals surface area contributed by atoms with Crippen LogP contribution in [0.4, 0.5) is 5.69 Å². The van der Waals surface area contributed by atoms with Crippen molar-refractivity contribution in [2.75, 3.05) is 18.2 Å². The number of nitrogens with one attached hydrogen (secondary N) is 1. The van der Waals surface area contributed by atoms with Crippen molar-refractivity contribution in [1.82, 2.24) is 14.8 Å². The molecule has 7 nitrogen and oxygen atoms in total. The van der Waals surface area contributed by atoms with E-state index in [0.717, 1.165) is 16.8 Å². The van der Waals surface area contributed by atoms with Crippen molar-refractivity contribution in [1.29, 1.82) is 0 Å². The van der Waals surface area contributed by atoms with Crippen molar-refractivity contribution < 1.29 is 14.3 Å². The molecule has 1 unspecified atom stereocenters. The number of methoxy groups -OCH3 is 1. The van der Waals surface area contributed by atoms with Gasteiger partial charge in [0.1, 0.15) is 0 Å². The van der Waals surface area contributed by atoms with E-state index in [1.165, 1.54) is 11.8 Å². The highest BCUT2D eigenvalue weighted by Crippen LogP contribution is 2.31. The summed E-state index contributed by atoms with van der Waals surface area (Å²) in [5.41, 5.74) is 3.05. The number of para-hydroxylation sites is 2. The summed E-state index contributed by atoms with van der Waals surface area (Å²) in [6.45, 7) is 8.64. The van der Waals surface area contributed by atoms with E-state index >= 15 is 0 Å². The van der Waals surface area contributed by atoms with Crippen LogP contribution >= 0.6 is 11.8 Å². The molecule has 1 N–H and O–H groups in total. The quantitative estimate of drug-likeness (QED) is 0.482. The Morgan fingerprint density at radius 1 is 1.13 bits per heavy atom. The van der Waals surface area contributed by atoms with E-state index in [0.29, 0.717) is 29.0 Å². The number of rotatable bonds is 9. The van der Waals surface area contributed by atoms with Gasteiger partial charge in [-0.25, -0.2) is 0 Å². The molecule has 0 saturated carbocycles. The SMILES string of the molecule is CCn1c(SCC(=O)Nc2cccc(C)c2C)nnc1C(C)Oc1ccccc1OC. The lowest BCUT2D eigenvalue weighted by Crippen LogP contribution is -2.16. The van der Waals surface area contributed by atoms with Crippen LogP contribution in [-0.2, 0) is 11.3 Å². The fourth-order valence-electron chi connectivity index (χ4n) is 3.17. The molecule has 0 spiro atoms. The van der Waals surface area contributed by atoms with Crippen LogP contribution in [0.15, 0.2) is 47.6 Å². The van der Waals surface area contributed by atoms with E-state index in [-0.39, 0.29) is 17.8 Å². The van der Waals surface area contributed by atoms with Crippen LogP contribution in [0.25, 0.3) is 0 Å². The second kappa shape index (κ2) is 10.3. The summed E-state index contributed by atoms with van der Waals surface area (Å²) in [5, 5.41) is 12.3. The standard InChI is InChI=1S/C23H28N4O3S/c1-6-27-22(17(4)30-20-13-8-7-12-19(20)29-5)25-26-23(27)31-14-21(28)24-18-11-9-10-15(2)16(18)3/h7-13,17H,6,14H2,1-5H3,(H,24,28). The average molecular weight is 441 g/mol. The molecule has 3 rings (SSSR count). The van der Waals surface area contributed by atoms with Gasteiger partial charge in [-0.3, -0.25) is 4.79 Å². The molecule has 1 amide bonds. The third-order valence-corrected chi connectivity index (χ3v) is 5.98. The largest absolute Gasteiger partial charge is 0.493 e. The first kappa shape index (κ1) is 22.7. The average Bonchev–Trinajstić information content (AvgIpc) is 3.19. The van der Waals surface area contributed by atoms with Crippen LogP contribution < -0.4 is 14.8 Å². The van der Waals surface area contributed by atoms with Crippen LogP contribution in [0.5, 0.6) is 11.5 Å². The highest BCUT2D eigenvalue weighted by Gasteiger charge is 2.20. The molecule has 0 aliphatic rings. The number of aryl methyl sites for hydroxylation is 1. The molecule has 2 aromatic carbocycles. The minimum Gasteiger partial charge on any atom is -0.493 e. The molecule has 0 aliphatic heterocycles. The number of nitrogens with zero attached hydrogens (tertiary/aromatic N) is 3. The molecule has 3 aromatic rings. The number of thioether (sulfide) groups is 1. The van der Waals surface area contributed by atoms with Crippen LogP contribution in [-0.4, -0.2) is 33.5 Å². The number of amides is 1. The molecular weight excluding hydrogens is 412 g/mol. The summed E-state index contributed by atoms with van der Waals surface area (Å²) in [7, 11) is 1.61. The Morgan fingerprint density at radius 3 is 2.58 bits per heavy atom. The smallest absolute Gasteiger partial charge is 0.234 e. The number of benzene rings is 2. The molecule has 0 bridgehead atoms. The maximum Gasteiger partial charge on any atom is 0.234 e. The Balaban J connectivity index is 1.67. The molecule has 0 fully saturated rings. The molecule has 0 radical (unpaired) electrons.